The van der Waals surface area contributed by atoms with Gasteiger partial charge in [-0.2, -0.15) is 0 Å². The Morgan fingerprint density at radius 3 is 2.65 bits per heavy atom. The summed E-state index contributed by atoms with van der Waals surface area (Å²) in [6.45, 7) is 6.99. The van der Waals surface area contributed by atoms with Crippen LogP contribution in [-0.2, 0) is 14.3 Å². The monoisotopic (exact) mass is 286 g/mol. The SMILES string of the molecule is CCCCC1NC(CC)N(CCCOCCOC)C1=O. The highest BCUT2D eigenvalue weighted by Gasteiger charge is 2.36. The molecule has 0 aliphatic carbocycles. The number of hydrogen-bond acceptors (Lipinski definition) is 4. The third-order valence-corrected chi connectivity index (χ3v) is 3.70. The van der Waals surface area contributed by atoms with Crippen LogP contribution < -0.4 is 5.32 Å². The lowest BCUT2D eigenvalue weighted by Crippen LogP contribution is -2.37. The lowest BCUT2D eigenvalue weighted by Gasteiger charge is -2.22. The molecule has 2 unspecified atom stereocenters. The normalized spacial score (nSPS) is 22.8. The predicted octanol–water partition coefficient (Wildman–Crippen LogP) is 1.77. The smallest absolute Gasteiger partial charge is 0.241 e. The lowest BCUT2D eigenvalue weighted by atomic mass is 10.1. The molecule has 1 saturated heterocycles. The molecule has 0 saturated carbocycles. The Kier molecular flexibility index (Phi) is 8.82. The zero-order valence-corrected chi connectivity index (χ0v) is 13.2. The van der Waals surface area contributed by atoms with Crippen LogP contribution in [0.25, 0.3) is 0 Å². The number of rotatable bonds is 11. The third kappa shape index (κ3) is 5.38. The van der Waals surface area contributed by atoms with Gasteiger partial charge in [-0.3, -0.25) is 10.1 Å². The predicted molar refractivity (Wildman–Crippen MR) is 79.6 cm³/mol. The highest BCUT2D eigenvalue weighted by atomic mass is 16.5. The van der Waals surface area contributed by atoms with Crippen molar-refractivity contribution in [3.63, 3.8) is 0 Å². The maximum Gasteiger partial charge on any atom is 0.241 e. The van der Waals surface area contributed by atoms with Gasteiger partial charge in [0.05, 0.1) is 25.4 Å². The van der Waals surface area contributed by atoms with Crippen molar-refractivity contribution in [2.24, 2.45) is 0 Å². The second kappa shape index (κ2) is 10.1. The van der Waals surface area contributed by atoms with Crippen molar-refractivity contribution in [2.45, 2.75) is 58.2 Å². The van der Waals surface area contributed by atoms with E-state index in [1.165, 1.54) is 0 Å². The number of carbonyl (C=O) groups is 1. The summed E-state index contributed by atoms with van der Waals surface area (Å²) in [4.78, 5) is 14.3. The Bertz CT molecular complexity index is 274. The molecule has 0 aromatic carbocycles. The molecule has 0 aromatic heterocycles. The number of amides is 1. The Labute approximate surface area is 123 Å². The first kappa shape index (κ1) is 17.4. The van der Waals surface area contributed by atoms with Crippen molar-refractivity contribution < 1.29 is 14.3 Å². The van der Waals surface area contributed by atoms with Crippen LogP contribution in [0.5, 0.6) is 0 Å². The van der Waals surface area contributed by atoms with Gasteiger partial charge in [0, 0.05) is 20.3 Å². The largest absolute Gasteiger partial charge is 0.382 e. The molecule has 20 heavy (non-hydrogen) atoms. The van der Waals surface area contributed by atoms with Crippen molar-refractivity contribution in [3.8, 4) is 0 Å². The molecule has 0 aromatic rings. The Morgan fingerprint density at radius 2 is 2.00 bits per heavy atom. The molecule has 0 bridgehead atoms. The summed E-state index contributed by atoms with van der Waals surface area (Å²) in [5.41, 5.74) is 0. The van der Waals surface area contributed by atoms with Gasteiger partial charge < -0.3 is 14.4 Å². The van der Waals surface area contributed by atoms with E-state index < -0.39 is 0 Å². The quantitative estimate of drug-likeness (QED) is 0.588. The second-order valence-electron chi connectivity index (χ2n) is 5.28. The number of carbonyl (C=O) groups excluding carboxylic acids is 1. The molecule has 1 aliphatic heterocycles. The van der Waals surface area contributed by atoms with E-state index in [2.05, 4.69) is 19.2 Å². The first-order chi connectivity index (χ1) is 9.74. The van der Waals surface area contributed by atoms with Crippen LogP contribution in [0.15, 0.2) is 0 Å². The van der Waals surface area contributed by atoms with E-state index in [1.54, 1.807) is 7.11 Å². The zero-order chi connectivity index (χ0) is 14.8. The first-order valence-corrected chi connectivity index (χ1v) is 7.87. The second-order valence-corrected chi connectivity index (χ2v) is 5.28. The zero-order valence-electron chi connectivity index (χ0n) is 13.2. The van der Waals surface area contributed by atoms with Crippen LogP contribution in [-0.4, -0.2) is 56.5 Å². The number of ether oxygens (including phenoxy) is 2. The van der Waals surface area contributed by atoms with Crippen LogP contribution in [0.1, 0.15) is 46.0 Å². The summed E-state index contributed by atoms with van der Waals surface area (Å²) in [6.07, 6.45) is 5.23. The number of nitrogens with zero attached hydrogens (tertiary/aromatic N) is 1. The fourth-order valence-electron chi connectivity index (χ4n) is 2.55. The van der Waals surface area contributed by atoms with Crippen molar-refractivity contribution in [1.29, 1.82) is 0 Å². The minimum Gasteiger partial charge on any atom is -0.382 e. The summed E-state index contributed by atoms with van der Waals surface area (Å²) >= 11 is 0. The molecular weight excluding hydrogens is 256 g/mol. The highest BCUT2D eigenvalue weighted by molar-refractivity contribution is 5.84. The van der Waals surface area contributed by atoms with Crippen molar-refractivity contribution in [1.82, 2.24) is 10.2 Å². The topological polar surface area (TPSA) is 50.8 Å². The standard InChI is InChI=1S/C15H30N2O3/c1-4-6-8-13-15(18)17(14(5-2)16-13)9-7-10-20-12-11-19-3/h13-14,16H,4-12H2,1-3H3. The van der Waals surface area contributed by atoms with E-state index >= 15 is 0 Å². The van der Waals surface area contributed by atoms with Gasteiger partial charge >= 0.3 is 0 Å². The molecule has 5 heteroatoms. The average molecular weight is 286 g/mol. The van der Waals surface area contributed by atoms with E-state index in [4.69, 9.17) is 9.47 Å². The highest BCUT2D eigenvalue weighted by Crippen LogP contribution is 2.17. The van der Waals surface area contributed by atoms with Gasteiger partial charge in [-0.25, -0.2) is 0 Å². The summed E-state index contributed by atoms with van der Waals surface area (Å²) in [7, 11) is 1.67. The molecule has 1 fully saturated rings. The molecule has 0 radical (unpaired) electrons. The average Bonchev–Trinajstić information content (AvgIpc) is 2.76. The van der Waals surface area contributed by atoms with E-state index in [-0.39, 0.29) is 18.1 Å². The third-order valence-electron chi connectivity index (χ3n) is 3.70. The molecule has 1 amide bonds. The summed E-state index contributed by atoms with van der Waals surface area (Å²) in [5.74, 6) is 0.266. The molecule has 1 heterocycles. The fourth-order valence-corrected chi connectivity index (χ4v) is 2.55. The lowest BCUT2D eigenvalue weighted by molar-refractivity contribution is -0.130. The Balaban J connectivity index is 2.29. The molecule has 0 spiro atoms. The van der Waals surface area contributed by atoms with Gasteiger partial charge in [0.2, 0.25) is 5.91 Å². The molecule has 1 N–H and O–H groups in total. The molecular formula is C15H30N2O3. The number of nitrogens with one attached hydrogen (secondary N) is 1. The first-order valence-electron chi connectivity index (χ1n) is 7.87. The molecule has 1 rings (SSSR count). The van der Waals surface area contributed by atoms with Crippen LogP contribution in [0.3, 0.4) is 0 Å². The van der Waals surface area contributed by atoms with Gasteiger partial charge in [0.15, 0.2) is 0 Å². The van der Waals surface area contributed by atoms with Gasteiger partial charge in [0.25, 0.3) is 0 Å². The maximum absolute atomic E-state index is 12.3. The van der Waals surface area contributed by atoms with Crippen LogP contribution >= 0.6 is 0 Å². The molecule has 118 valence electrons. The van der Waals surface area contributed by atoms with Crippen molar-refractivity contribution in [2.75, 3.05) is 33.5 Å². The van der Waals surface area contributed by atoms with Gasteiger partial charge in [-0.15, -0.1) is 0 Å². The van der Waals surface area contributed by atoms with Gasteiger partial charge in [-0.1, -0.05) is 26.7 Å². The Morgan fingerprint density at radius 1 is 1.20 bits per heavy atom. The summed E-state index contributed by atoms with van der Waals surface area (Å²) in [5, 5.41) is 3.45. The van der Waals surface area contributed by atoms with E-state index in [1.807, 2.05) is 4.90 Å². The molecule has 1 aliphatic rings. The van der Waals surface area contributed by atoms with Gasteiger partial charge in [0.1, 0.15) is 0 Å². The summed E-state index contributed by atoms with van der Waals surface area (Å²) < 4.78 is 10.4. The van der Waals surface area contributed by atoms with Crippen molar-refractivity contribution in [3.05, 3.63) is 0 Å². The molecule has 5 nitrogen and oxygen atoms in total. The van der Waals surface area contributed by atoms with Crippen LogP contribution in [0.2, 0.25) is 0 Å². The van der Waals surface area contributed by atoms with Crippen LogP contribution in [0.4, 0.5) is 0 Å². The van der Waals surface area contributed by atoms with Gasteiger partial charge in [-0.05, 0) is 19.3 Å². The van der Waals surface area contributed by atoms with Crippen molar-refractivity contribution >= 4 is 5.91 Å². The van der Waals surface area contributed by atoms with Crippen LogP contribution in [0, 0.1) is 0 Å². The van der Waals surface area contributed by atoms with E-state index in [0.29, 0.717) is 19.8 Å². The summed E-state index contributed by atoms with van der Waals surface area (Å²) in [6, 6.07) is 0.0225. The number of methoxy groups -OCH3 is 1. The Hall–Kier alpha value is -0.650. The minimum absolute atomic E-state index is 0.0225. The minimum atomic E-state index is 0.0225. The number of unbranched alkanes of at least 4 members (excludes halogenated alkanes) is 1. The van der Waals surface area contributed by atoms with E-state index in [0.717, 1.165) is 38.6 Å². The molecule has 2 atom stereocenters. The maximum atomic E-state index is 12.3. The van der Waals surface area contributed by atoms with E-state index in [9.17, 15) is 4.79 Å². The fraction of sp³-hybridized carbons (Fsp3) is 0.933. The number of hydrogen-bond donors (Lipinski definition) is 1.